The lowest BCUT2D eigenvalue weighted by atomic mass is 9.94. The number of aryl methyl sites for hydroxylation is 2. The van der Waals surface area contributed by atoms with Gasteiger partial charge in [0.15, 0.2) is 0 Å². The van der Waals surface area contributed by atoms with E-state index in [1.807, 2.05) is 6.07 Å². The minimum absolute atomic E-state index is 0.0103. The minimum atomic E-state index is -4.16. The van der Waals surface area contributed by atoms with Crippen molar-refractivity contribution in [3.05, 3.63) is 62.6 Å². The summed E-state index contributed by atoms with van der Waals surface area (Å²) in [5, 5.41) is 9.13. The van der Waals surface area contributed by atoms with E-state index in [0.717, 1.165) is 61.6 Å². The maximum atomic E-state index is 13.5. The summed E-state index contributed by atoms with van der Waals surface area (Å²) in [4.78, 5) is 0.270. The standard InChI is InChI=1S/C26H35Cl2NO3S/c1-4-7-10-20-13-14-21(11-8-5-2)26(24(20)12-9-6-3)33(30,31)32-25(29)17-19-15-22(27)18-23(28)16-19/h13-16,18,29H,4-12,17H2,1-3H3. The highest BCUT2D eigenvalue weighted by Crippen LogP contribution is 2.30. The zero-order valence-electron chi connectivity index (χ0n) is 19.8. The molecule has 0 amide bonds. The van der Waals surface area contributed by atoms with Crippen LogP contribution in [0.3, 0.4) is 0 Å². The van der Waals surface area contributed by atoms with Crippen LogP contribution in [0, 0.1) is 5.41 Å². The van der Waals surface area contributed by atoms with Crippen molar-refractivity contribution in [3.63, 3.8) is 0 Å². The Labute approximate surface area is 209 Å². The molecule has 0 fully saturated rings. The number of rotatable bonds is 13. The van der Waals surface area contributed by atoms with E-state index >= 15 is 0 Å². The first-order valence-corrected chi connectivity index (χ1v) is 14.0. The van der Waals surface area contributed by atoms with Crippen molar-refractivity contribution in [2.45, 2.75) is 89.9 Å². The fourth-order valence-corrected chi connectivity index (χ4v) is 5.93. The molecule has 0 aliphatic carbocycles. The van der Waals surface area contributed by atoms with Crippen molar-refractivity contribution >= 4 is 39.2 Å². The Morgan fingerprint density at radius 2 is 1.36 bits per heavy atom. The number of unbranched alkanes of at least 4 members (excludes halogenated alkanes) is 3. The van der Waals surface area contributed by atoms with Crippen molar-refractivity contribution in [1.29, 1.82) is 5.41 Å². The van der Waals surface area contributed by atoms with Crippen molar-refractivity contribution in [3.8, 4) is 0 Å². The summed E-state index contributed by atoms with van der Waals surface area (Å²) in [7, 11) is -4.16. The van der Waals surface area contributed by atoms with Crippen LogP contribution in [0.25, 0.3) is 0 Å². The van der Waals surface area contributed by atoms with Gasteiger partial charge in [-0.1, -0.05) is 75.4 Å². The Morgan fingerprint density at radius 3 is 1.94 bits per heavy atom. The molecular weight excluding hydrogens is 477 g/mol. The zero-order chi connectivity index (χ0) is 24.4. The van der Waals surface area contributed by atoms with Crippen molar-refractivity contribution in [1.82, 2.24) is 0 Å². The average molecular weight is 513 g/mol. The SMILES string of the molecule is CCCCc1ccc(CCCC)c(S(=O)(=O)OC(=N)Cc2cc(Cl)cc(Cl)c2)c1CCCC. The number of hydrogen-bond donors (Lipinski definition) is 1. The molecule has 7 heteroatoms. The molecule has 2 aromatic carbocycles. The molecule has 4 nitrogen and oxygen atoms in total. The van der Waals surface area contributed by atoms with Crippen LogP contribution in [0.1, 0.15) is 81.5 Å². The lowest BCUT2D eigenvalue weighted by Gasteiger charge is -2.19. The van der Waals surface area contributed by atoms with Gasteiger partial charge in [0.05, 0.1) is 0 Å². The van der Waals surface area contributed by atoms with Crippen LogP contribution in [0.2, 0.25) is 10.0 Å². The monoisotopic (exact) mass is 511 g/mol. The molecule has 0 aliphatic heterocycles. The smallest absolute Gasteiger partial charge is 0.340 e. The number of benzene rings is 2. The van der Waals surface area contributed by atoms with Crippen LogP contribution in [0.5, 0.6) is 0 Å². The van der Waals surface area contributed by atoms with E-state index in [4.69, 9.17) is 32.8 Å². The third kappa shape index (κ3) is 8.31. The lowest BCUT2D eigenvalue weighted by molar-refractivity contribution is 0.471. The lowest BCUT2D eigenvalue weighted by Crippen LogP contribution is -2.19. The number of nitrogens with one attached hydrogen (secondary N) is 1. The van der Waals surface area contributed by atoms with E-state index in [1.54, 1.807) is 18.2 Å². The first kappa shape index (κ1) is 27.7. The van der Waals surface area contributed by atoms with E-state index in [9.17, 15) is 8.42 Å². The van der Waals surface area contributed by atoms with E-state index in [2.05, 4.69) is 26.8 Å². The molecule has 0 bridgehead atoms. The summed E-state index contributed by atoms with van der Waals surface area (Å²) in [6.45, 7) is 6.32. The molecule has 33 heavy (non-hydrogen) atoms. The van der Waals surface area contributed by atoms with Gasteiger partial charge in [-0.3, -0.25) is 5.41 Å². The first-order chi connectivity index (χ1) is 15.7. The summed E-state index contributed by atoms with van der Waals surface area (Å²) in [6, 6.07) is 8.93. The van der Waals surface area contributed by atoms with Crippen molar-refractivity contribution < 1.29 is 12.6 Å². The number of halogens is 2. The second-order valence-electron chi connectivity index (χ2n) is 8.42. The van der Waals surface area contributed by atoms with Crippen LogP contribution in [-0.2, 0) is 40.0 Å². The molecule has 0 heterocycles. The largest absolute Gasteiger partial charge is 0.363 e. The summed E-state index contributed by atoms with van der Waals surface area (Å²) in [5.74, 6) is -0.352. The van der Waals surface area contributed by atoms with Gasteiger partial charge in [-0.05, 0) is 79.0 Å². The van der Waals surface area contributed by atoms with Gasteiger partial charge in [-0.15, -0.1) is 0 Å². The van der Waals surface area contributed by atoms with Gasteiger partial charge in [0.2, 0.25) is 5.90 Å². The van der Waals surface area contributed by atoms with Gasteiger partial charge < -0.3 is 4.18 Å². The van der Waals surface area contributed by atoms with Crippen LogP contribution < -0.4 is 0 Å². The summed E-state index contributed by atoms with van der Waals surface area (Å²) in [5.41, 5.74) is 3.34. The van der Waals surface area contributed by atoms with Crippen LogP contribution in [-0.4, -0.2) is 14.3 Å². The highest BCUT2D eigenvalue weighted by Gasteiger charge is 2.27. The highest BCUT2D eigenvalue weighted by molar-refractivity contribution is 7.87. The molecule has 0 unspecified atom stereocenters. The second-order valence-corrected chi connectivity index (χ2v) is 10.8. The van der Waals surface area contributed by atoms with Gasteiger partial charge in [-0.2, -0.15) is 8.42 Å². The molecule has 2 aromatic rings. The minimum Gasteiger partial charge on any atom is -0.363 e. The van der Waals surface area contributed by atoms with Crippen molar-refractivity contribution in [2.75, 3.05) is 0 Å². The average Bonchev–Trinajstić information content (AvgIpc) is 2.73. The van der Waals surface area contributed by atoms with E-state index < -0.39 is 10.1 Å². The van der Waals surface area contributed by atoms with Crippen LogP contribution in [0.15, 0.2) is 35.2 Å². The molecule has 0 aromatic heterocycles. The molecule has 0 atom stereocenters. The maximum absolute atomic E-state index is 13.5. The summed E-state index contributed by atoms with van der Waals surface area (Å²) < 4.78 is 32.5. The van der Waals surface area contributed by atoms with Gasteiger partial charge >= 0.3 is 10.1 Å². The fraction of sp³-hybridized carbons (Fsp3) is 0.500. The molecule has 0 radical (unpaired) electrons. The van der Waals surface area contributed by atoms with Crippen LogP contribution >= 0.6 is 23.2 Å². The Bertz CT molecular complexity index is 1030. The Balaban J connectivity index is 2.45. The predicted molar refractivity (Wildman–Crippen MR) is 138 cm³/mol. The van der Waals surface area contributed by atoms with E-state index in [1.165, 1.54) is 0 Å². The normalized spacial score (nSPS) is 11.5. The van der Waals surface area contributed by atoms with Gasteiger partial charge in [0, 0.05) is 16.5 Å². The van der Waals surface area contributed by atoms with Gasteiger partial charge in [0.1, 0.15) is 4.90 Å². The Kier molecular flexibility index (Phi) is 11.2. The summed E-state index contributed by atoms with van der Waals surface area (Å²) in [6.07, 6.45) is 7.94. The molecule has 0 saturated heterocycles. The van der Waals surface area contributed by atoms with Gasteiger partial charge in [-0.25, -0.2) is 0 Å². The Hall–Kier alpha value is -1.56. The van der Waals surface area contributed by atoms with E-state index in [0.29, 0.717) is 28.5 Å². The molecule has 0 aliphatic rings. The maximum Gasteiger partial charge on any atom is 0.340 e. The van der Waals surface area contributed by atoms with Crippen molar-refractivity contribution in [2.24, 2.45) is 0 Å². The second kappa shape index (κ2) is 13.4. The topological polar surface area (TPSA) is 67.2 Å². The molecule has 1 N–H and O–H groups in total. The third-order valence-electron chi connectivity index (χ3n) is 5.57. The molecule has 2 rings (SSSR count). The molecular formula is C26H35Cl2NO3S. The quantitative estimate of drug-likeness (QED) is 0.168. The third-order valence-corrected chi connectivity index (χ3v) is 7.43. The number of hydrogen-bond acceptors (Lipinski definition) is 4. The first-order valence-electron chi connectivity index (χ1n) is 11.8. The van der Waals surface area contributed by atoms with E-state index in [-0.39, 0.29) is 17.2 Å². The Morgan fingerprint density at radius 1 is 0.848 bits per heavy atom. The predicted octanol–water partition coefficient (Wildman–Crippen LogP) is 7.95. The molecule has 182 valence electrons. The van der Waals surface area contributed by atoms with Gasteiger partial charge in [0.25, 0.3) is 0 Å². The van der Waals surface area contributed by atoms with Crippen LogP contribution in [0.4, 0.5) is 0 Å². The molecule has 0 saturated carbocycles. The fourth-order valence-electron chi connectivity index (χ4n) is 3.92. The highest BCUT2D eigenvalue weighted by atomic mass is 35.5. The molecule has 0 spiro atoms. The summed E-state index contributed by atoms with van der Waals surface area (Å²) >= 11 is 12.1. The zero-order valence-corrected chi connectivity index (χ0v) is 22.2.